The molecule has 0 spiro atoms. The predicted octanol–water partition coefficient (Wildman–Crippen LogP) is 3.73. The van der Waals surface area contributed by atoms with Gasteiger partial charge in [-0.2, -0.15) is 0 Å². The standard InChI is InChI=1S/C16H18N2OS/c1-10(2)14(13-8-5-9-20-13)18-15-11-6-3-4-7-12(11)17-16(15)19/h3-10,14-15,18H,1-2H3,(H,17,19). The molecule has 3 nitrogen and oxygen atoms in total. The van der Waals surface area contributed by atoms with Crippen LogP contribution in [-0.2, 0) is 4.79 Å². The van der Waals surface area contributed by atoms with Crippen LogP contribution in [0.15, 0.2) is 41.8 Å². The zero-order chi connectivity index (χ0) is 14.1. The minimum Gasteiger partial charge on any atom is -0.324 e. The van der Waals surface area contributed by atoms with Crippen molar-refractivity contribution in [3.8, 4) is 0 Å². The van der Waals surface area contributed by atoms with Gasteiger partial charge in [0.25, 0.3) is 0 Å². The molecular weight excluding hydrogens is 268 g/mol. The summed E-state index contributed by atoms with van der Waals surface area (Å²) in [5.41, 5.74) is 1.96. The van der Waals surface area contributed by atoms with Gasteiger partial charge in [0.1, 0.15) is 6.04 Å². The van der Waals surface area contributed by atoms with Gasteiger partial charge in [-0.25, -0.2) is 0 Å². The molecule has 0 fully saturated rings. The largest absolute Gasteiger partial charge is 0.324 e. The van der Waals surface area contributed by atoms with Crippen molar-refractivity contribution in [1.82, 2.24) is 5.32 Å². The number of anilines is 1. The van der Waals surface area contributed by atoms with Gasteiger partial charge in [-0.3, -0.25) is 10.1 Å². The highest BCUT2D eigenvalue weighted by Crippen LogP contribution is 2.34. The van der Waals surface area contributed by atoms with E-state index in [1.807, 2.05) is 24.3 Å². The van der Waals surface area contributed by atoms with Gasteiger partial charge < -0.3 is 5.32 Å². The number of benzene rings is 1. The fraction of sp³-hybridized carbons (Fsp3) is 0.312. The number of amides is 1. The van der Waals surface area contributed by atoms with Gasteiger partial charge in [-0.05, 0) is 23.4 Å². The molecule has 0 radical (unpaired) electrons. The molecule has 2 unspecified atom stereocenters. The number of hydrogen-bond acceptors (Lipinski definition) is 3. The van der Waals surface area contributed by atoms with E-state index in [9.17, 15) is 4.79 Å². The smallest absolute Gasteiger partial charge is 0.246 e. The normalized spacial score (nSPS) is 18.9. The lowest BCUT2D eigenvalue weighted by Gasteiger charge is -2.24. The number of carbonyl (C=O) groups excluding carboxylic acids is 1. The van der Waals surface area contributed by atoms with Gasteiger partial charge in [0.05, 0.1) is 0 Å². The Bertz CT molecular complexity index is 607. The van der Waals surface area contributed by atoms with Crippen molar-refractivity contribution in [2.75, 3.05) is 5.32 Å². The first kappa shape index (κ1) is 13.3. The van der Waals surface area contributed by atoms with Crippen LogP contribution in [-0.4, -0.2) is 5.91 Å². The molecule has 0 aliphatic carbocycles. The first-order valence-corrected chi connectivity index (χ1v) is 7.74. The summed E-state index contributed by atoms with van der Waals surface area (Å²) in [7, 11) is 0. The first-order valence-electron chi connectivity index (χ1n) is 6.86. The monoisotopic (exact) mass is 286 g/mol. The van der Waals surface area contributed by atoms with Crippen molar-refractivity contribution in [2.24, 2.45) is 5.92 Å². The highest BCUT2D eigenvalue weighted by Gasteiger charge is 2.33. The van der Waals surface area contributed by atoms with Gasteiger partial charge in [0, 0.05) is 22.2 Å². The molecule has 1 aromatic carbocycles. The summed E-state index contributed by atoms with van der Waals surface area (Å²) in [6.45, 7) is 4.35. The van der Waals surface area contributed by atoms with Crippen LogP contribution in [0.2, 0.25) is 0 Å². The Hall–Kier alpha value is -1.65. The third-order valence-corrected chi connectivity index (χ3v) is 4.61. The van der Waals surface area contributed by atoms with E-state index in [0.717, 1.165) is 11.3 Å². The summed E-state index contributed by atoms with van der Waals surface area (Å²) in [6.07, 6.45) is 0. The second kappa shape index (κ2) is 5.38. The van der Waals surface area contributed by atoms with Crippen molar-refractivity contribution < 1.29 is 4.79 Å². The van der Waals surface area contributed by atoms with Crippen LogP contribution in [0.5, 0.6) is 0 Å². The van der Waals surface area contributed by atoms with Crippen LogP contribution in [0.3, 0.4) is 0 Å². The van der Waals surface area contributed by atoms with Gasteiger partial charge in [-0.15, -0.1) is 11.3 Å². The Morgan fingerprint density at radius 2 is 2.00 bits per heavy atom. The van der Waals surface area contributed by atoms with E-state index in [1.54, 1.807) is 11.3 Å². The minimum atomic E-state index is -0.263. The molecule has 3 rings (SSSR count). The summed E-state index contributed by atoms with van der Waals surface area (Å²) in [4.78, 5) is 13.5. The van der Waals surface area contributed by atoms with Crippen LogP contribution in [0.1, 0.15) is 36.4 Å². The van der Waals surface area contributed by atoms with Gasteiger partial charge in [0.15, 0.2) is 0 Å². The van der Waals surface area contributed by atoms with Crippen molar-refractivity contribution in [3.63, 3.8) is 0 Å². The molecule has 104 valence electrons. The van der Waals surface area contributed by atoms with Crippen LogP contribution in [0, 0.1) is 5.92 Å². The second-order valence-corrected chi connectivity index (χ2v) is 6.39. The summed E-state index contributed by atoms with van der Waals surface area (Å²) in [6, 6.07) is 12.0. The van der Waals surface area contributed by atoms with E-state index in [0.29, 0.717) is 5.92 Å². The lowest BCUT2D eigenvalue weighted by Crippen LogP contribution is -2.33. The molecule has 2 N–H and O–H groups in total. The van der Waals surface area contributed by atoms with Crippen LogP contribution >= 0.6 is 11.3 Å². The molecule has 20 heavy (non-hydrogen) atoms. The molecule has 2 atom stereocenters. The number of para-hydroxylation sites is 1. The Balaban J connectivity index is 1.88. The third kappa shape index (κ3) is 2.37. The molecule has 0 saturated heterocycles. The van der Waals surface area contributed by atoms with Crippen molar-refractivity contribution in [1.29, 1.82) is 0 Å². The summed E-state index contributed by atoms with van der Waals surface area (Å²) < 4.78 is 0. The van der Waals surface area contributed by atoms with Crippen molar-refractivity contribution >= 4 is 22.9 Å². The fourth-order valence-electron chi connectivity index (χ4n) is 2.63. The predicted molar refractivity (Wildman–Crippen MR) is 82.8 cm³/mol. The molecule has 1 aromatic heterocycles. The molecular formula is C16H18N2OS. The number of carbonyl (C=O) groups is 1. The van der Waals surface area contributed by atoms with Crippen LogP contribution < -0.4 is 10.6 Å². The quantitative estimate of drug-likeness (QED) is 0.899. The number of rotatable bonds is 4. The van der Waals surface area contributed by atoms with Gasteiger partial charge in [0.2, 0.25) is 5.91 Å². The molecule has 2 heterocycles. The maximum absolute atomic E-state index is 12.2. The van der Waals surface area contributed by atoms with Crippen LogP contribution in [0.4, 0.5) is 5.69 Å². The zero-order valence-electron chi connectivity index (χ0n) is 11.6. The summed E-state index contributed by atoms with van der Waals surface area (Å²) in [5, 5.41) is 8.54. The summed E-state index contributed by atoms with van der Waals surface area (Å²) >= 11 is 1.73. The van der Waals surface area contributed by atoms with E-state index in [1.165, 1.54) is 4.88 Å². The molecule has 0 saturated carbocycles. The number of thiophene rings is 1. The fourth-order valence-corrected chi connectivity index (χ4v) is 3.58. The average molecular weight is 286 g/mol. The van der Waals surface area contributed by atoms with E-state index >= 15 is 0 Å². The lowest BCUT2D eigenvalue weighted by molar-refractivity contribution is -0.117. The Morgan fingerprint density at radius 3 is 2.70 bits per heavy atom. The van der Waals surface area contributed by atoms with Gasteiger partial charge in [-0.1, -0.05) is 38.1 Å². The van der Waals surface area contributed by atoms with Gasteiger partial charge >= 0.3 is 0 Å². The Kier molecular flexibility index (Phi) is 3.59. The number of nitrogens with one attached hydrogen (secondary N) is 2. The molecule has 2 aromatic rings. The highest BCUT2D eigenvalue weighted by atomic mass is 32.1. The van der Waals surface area contributed by atoms with Crippen molar-refractivity contribution in [2.45, 2.75) is 25.9 Å². The molecule has 0 bridgehead atoms. The minimum absolute atomic E-state index is 0.0356. The Morgan fingerprint density at radius 1 is 1.20 bits per heavy atom. The third-order valence-electron chi connectivity index (χ3n) is 3.65. The van der Waals surface area contributed by atoms with E-state index in [4.69, 9.17) is 0 Å². The van der Waals surface area contributed by atoms with Crippen molar-refractivity contribution in [3.05, 3.63) is 52.2 Å². The SMILES string of the molecule is CC(C)C(NC1C(=O)Nc2ccccc21)c1cccs1. The topological polar surface area (TPSA) is 41.1 Å². The maximum Gasteiger partial charge on any atom is 0.246 e. The van der Waals surface area contributed by atoms with E-state index < -0.39 is 0 Å². The Labute approximate surface area is 123 Å². The number of fused-ring (bicyclic) bond motifs is 1. The molecule has 1 amide bonds. The zero-order valence-corrected chi connectivity index (χ0v) is 12.4. The summed E-state index contributed by atoms with van der Waals surface area (Å²) in [5.74, 6) is 0.461. The second-order valence-electron chi connectivity index (χ2n) is 5.41. The maximum atomic E-state index is 12.2. The highest BCUT2D eigenvalue weighted by molar-refractivity contribution is 7.10. The van der Waals surface area contributed by atoms with Crippen LogP contribution in [0.25, 0.3) is 0 Å². The molecule has 1 aliphatic heterocycles. The lowest BCUT2D eigenvalue weighted by atomic mass is 9.99. The van der Waals surface area contributed by atoms with E-state index in [2.05, 4.69) is 42.0 Å². The number of hydrogen-bond donors (Lipinski definition) is 2. The van der Waals surface area contributed by atoms with E-state index in [-0.39, 0.29) is 18.0 Å². The molecule has 4 heteroatoms. The molecule has 1 aliphatic rings. The first-order chi connectivity index (χ1) is 9.66. The average Bonchev–Trinajstić information content (AvgIpc) is 3.03.